The minimum absolute atomic E-state index is 0.465. The number of aromatic nitrogens is 4. The zero-order valence-corrected chi connectivity index (χ0v) is 18.9. The lowest BCUT2D eigenvalue weighted by Crippen LogP contribution is -2.28. The third kappa shape index (κ3) is 3.53. The highest BCUT2D eigenvalue weighted by Gasteiger charge is 2.28. The van der Waals surface area contributed by atoms with E-state index in [2.05, 4.69) is 44.4 Å². The summed E-state index contributed by atoms with van der Waals surface area (Å²) in [7, 11) is 1.99. The van der Waals surface area contributed by atoms with Crippen LogP contribution in [0.1, 0.15) is 47.7 Å². The molecule has 0 saturated carbocycles. The standard InChI is InChI=1S/C25H32N6O/c1-29-17-20(14-27-29)30-11-3-6-21-18(16-30)4-2-5-22(21)25-23-15-26-10-7-24(23)31(28-25)19-8-12-32-13-9-19/h2,4-5,14,17,19,26H,3,6-13,15-16H2,1H3. The van der Waals surface area contributed by atoms with Gasteiger partial charge in [0.15, 0.2) is 0 Å². The van der Waals surface area contributed by atoms with Crippen molar-refractivity contribution >= 4 is 5.69 Å². The molecule has 1 aromatic carbocycles. The predicted octanol–water partition coefficient (Wildman–Crippen LogP) is 3.23. The molecule has 3 aromatic rings. The fourth-order valence-corrected chi connectivity index (χ4v) is 5.65. The number of ether oxygens (including phenoxy) is 1. The first kappa shape index (κ1) is 20.0. The highest BCUT2D eigenvalue weighted by Crippen LogP contribution is 2.36. The van der Waals surface area contributed by atoms with Crippen molar-refractivity contribution in [2.45, 2.75) is 51.2 Å². The molecule has 7 heteroatoms. The first-order valence-electron chi connectivity index (χ1n) is 12.0. The summed E-state index contributed by atoms with van der Waals surface area (Å²) in [4.78, 5) is 2.46. The van der Waals surface area contributed by atoms with E-state index in [1.54, 1.807) is 0 Å². The second-order valence-corrected chi connectivity index (χ2v) is 9.33. The SMILES string of the molecule is Cn1cc(N2CCCc3c(cccc3-c3nn(C4CCOCC4)c4c3CNCC4)C2)cn1. The van der Waals surface area contributed by atoms with Crippen molar-refractivity contribution in [3.8, 4) is 11.3 Å². The van der Waals surface area contributed by atoms with E-state index in [1.165, 1.54) is 39.3 Å². The molecule has 1 N–H and O–H groups in total. The molecule has 3 aliphatic rings. The fourth-order valence-electron chi connectivity index (χ4n) is 5.65. The number of rotatable bonds is 3. The Morgan fingerprint density at radius 1 is 1.12 bits per heavy atom. The number of hydrogen-bond acceptors (Lipinski definition) is 5. The molecule has 0 aliphatic carbocycles. The van der Waals surface area contributed by atoms with Crippen molar-refractivity contribution in [3.63, 3.8) is 0 Å². The summed E-state index contributed by atoms with van der Waals surface area (Å²) in [6, 6.07) is 7.28. The summed E-state index contributed by atoms with van der Waals surface area (Å²) in [5.74, 6) is 0. The minimum Gasteiger partial charge on any atom is -0.381 e. The van der Waals surface area contributed by atoms with Crippen LogP contribution in [0.4, 0.5) is 5.69 Å². The van der Waals surface area contributed by atoms with Crippen LogP contribution in [0.3, 0.4) is 0 Å². The highest BCUT2D eigenvalue weighted by molar-refractivity contribution is 5.70. The quantitative estimate of drug-likeness (QED) is 0.689. The molecule has 0 radical (unpaired) electrons. The Morgan fingerprint density at radius 3 is 2.88 bits per heavy atom. The van der Waals surface area contributed by atoms with Crippen LogP contribution in [0.15, 0.2) is 30.6 Å². The minimum atomic E-state index is 0.465. The monoisotopic (exact) mass is 432 g/mol. The van der Waals surface area contributed by atoms with E-state index in [1.807, 2.05) is 17.9 Å². The number of fused-ring (bicyclic) bond motifs is 2. The molecule has 1 fully saturated rings. The zero-order valence-electron chi connectivity index (χ0n) is 18.9. The summed E-state index contributed by atoms with van der Waals surface area (Å²) < 4.78 is 9.88. The van der Waals surface area contributed by atoms with Crippen molar-refractivity contribution in [1.82, 2.24) is 24.9 Å². The van der Waals surface area contributed by atoms with E-state index in [4.69, 9.17) is 9.84 Å². The van der Waals surface area contributed by atoms with E-state index < -0.39 is 0 Å². The Labute approximate surface area is 189 Å². The molecule has 6 rings (SSSR count). The number of aryl methyl sites for hydroxylation is 1. The molecule has 0 amide bonds. The van der Waals surface area contributed by atoms with Gasteiger partial charge in [-0.2, -0.15) is 10.2 Å². The first-order valence-corrected chi connectivity index (χ1v) is 12.0. The average molecular weight is 433 g/mol. The lowest BCUT2D eigenvalue weighted by atomic mass is 9.93. The van der Waals surface area contributed by atoms with Crippen molar-refractivity contribution in [3.05, 3.63) is 53.0 Å². The van der Waals surface area contributed by atoms with Crippen LogP contribution in [0, 0.1) is 0 Å². The number of nitrogens with zero attached hydrogens (tertiary/aromatic N) is 5. The van der Waals surface area contributed by atoms with Crippen molar-refractivity contribution in [2.75, 3.05) is 31.2 Å². The summed E-state index contributed by atoms with van der Waals surface area (Å²) >= 11 is 0. The van der Waals surface area contributed by atoms with Crippen molar-refractivity contribution in [1.29, 1.82) is 0 Å². The summed E-state index contributed by atoms with van der Waals surface area (Å²) in [5.41, 5.74) is 9.48. The highest BCUT2D eigenvalue weighted by atomic mass is 16.5. The third-order valence-corrected chi connectivity index (χ3v) is 7.30. The summed E-state index contributed by atoms with van der Waals surface area (Å²) in [5, 5.41) is 13.3. The largest absolute Gasteiger partial charge is 0.381 e. The molecule has 168 valence electrons. The van der Waals surface area contributed by atoms with Crippen LogP contribution in [-0.2, 0) is 37.7 Å². The first-order chi connectivity index (χ1) is 15.8. The number of nitrogens with one attached hydrogen (secondary N) is 1. The van der Waals surface area contributed by atoms with E-state index >= 15 is 0 Å². The van der Waals surface area contributed by atoms with Gasteiger partial charge in [-0.1, -0.05) is 18.2 Å². The lowest BCUT2D eigenvalue weighted by molar-refractivity contribution is 0.0654. The van der Waals surface area contributed by atoms with Gasteiger partial charge in [0.05, 0.1) is 23.6 Å². The maximum absolute atomic E-state index is 5.63. The average Bonchev–Trinajstić information content (AvgIpc) is 3.36. The molecule has 3 aliphatic heterocycles. The van der Waals surface area contributed by atoms with Gasteiger partial charge in [0.2, 0.25) is 0 Å². The molecule has 5 heterocycles. The zero-order chi connectivity index (χ0) is 21.5. The molecular weight excluding hydrogens is 400 g/mol. The van der Waals surface area contributed by atoms with Gasteiger partial charge in [0.25, 0.3) is 0 Å². The Hall–Kier alpha value is -2.64. The van der Waals surface area contributed by atoms with Crippen molar-refractivity contribution in [2.24, 2.45) is 7.05 Å². The van der Waals surface area contributed by atoms with Gasteiger partial charge in [-0.05, 0) is 36.8 Å². The van der Waals surface area contributed by atoms with E-state index in [-0.39, 0.29) is 0 Å². The third-order valence-electron chi connectivity index (χ3n) is 7.30. The Balaban J connectivity index is 1.40. The Bertz CT molecular complexity index is 1110. The second-order valence-electron chi connectivity index (χ2n) is 9.33. The van der Waals surface area contributed by atoms with Crippen LogP contribution in [0.2, 0.25) is 0 Å². The van der Waals surface area contributed by atoms with Gasteiger partial charge in [-0.25, -0.2) is 0 Å². The maximum Gasteiger partial charge on any atom is 0.0974 e. The van der Waals surface area contributed by atoms with E-state index in [9.17, 15) is 0 Å². The number of hydrogen-bond donors (Lipinski definition) is 1. The van der Waals surface area contributed by atoms with Crippen LogP contribution in [-0.4, -0.2) is 45.9 Å². The molecule has 7 nitrogen and oxygen atoms in total. The molecule has 0 atom stereocenters. The Morgan fingerprint density at radius 2 is 2.03 bits per heavy atom. The molecular formula is C25H32N6O. The van der Waals surface area contributed by atoms with Gasteiger partial charge in [0, 0.05) is 75.9 Å². The van der Waals surface area contributed by atoms with Gasteiger partial charge in [-0.15, -0.1) is 0 Å². The van der Waals surface area contributed by atoms with Gasteiger partial charge >= 0.3 is 0 Å². The van der Waals surface area contributed by atoms with Crippen LogP contribution >= 0.6 is 0 Å². The molecule has 1 saturated heterocycles. The maximum atomic E-state index is 5.63. The molecule has 2 aromatic heterocycles. The van der Waals surface area contributed by atoms with E-state index in [0.717, 1.165) is 71.5 Å². The smallest absolute Gasteiger partial charge is 0.0974 e. The molecule has 0 unspecified atom stereocenters. The number of benzene rings is 1. The van der Waals surface area contributed by atoms with E-state index in [0.29, 0.717) is 6.04 Å². The van der Waals surface area contributed by atoms with Gasteiger partial charge < -0.3 is 15.0 Å². The van der Waals surface area contributed by atoms with Gasteiger partial charge in [0.1, 0.15) is 0 Å². The molecule has 32 heavy (non-hydrogen) atoms. The van der Waals surface area contributed by atoms with Crippen LogP contribution in [0.25, 0.3) is 11.3 Å². The molecule has 0 spiro atoms. The van der Waals surface area contributed by atoms with Crippen molar-refractivity contribution < 1.29 is 4.74 Å². The summed E-state index contributed by atoms with van der Waals surface area (Å²) in [6.07, 6.45) is 9.51. The predicted molar refractivity (Wildman–Crippen MR) is 125 cm³/mol. The van der Waals surface area contributed by atoms with Crippen LogP contribution in [0.5, 0.6) is 0 Å². The topological polar surface area (TPSA) is 60.1 Å². The van der Waals surface area contributed by atoms with Gasteiger partial charge in [-0.3, -0.25) is 9.36 Å². The fraction of sp³-hybridized carbons (Fsp3) is 0.520. The second kappa shape index (κ2) is 8.37. The number of anilines is 1. The molecule has 0 bridgehead atoms. The van der Waals surface area contributed by atoms with Crippen LogP contribution < -0.4 is 10.2 Å². The summed E-state index contributed by atoms with van der Waals surface area (Å²) in [6.45, 7) is 5.62. The normalized spacial score (nSPS) is 19.5. The lowest BCUT2D eigenvalue weighted by Gasteiger charge is -2.25. The Kier molecular flexibility index (Phi) is 5.23.